The van der Waals surface area contributed by atoms with Crippen molar-refractivity contribution >= 4 is 15.8 Å². The third-order valence-electron chi connectivity index (χ3n) is 3.52. The molecular formula is C12H18N4O4S. The average molecular weight is 314 g/mol. The Labute approximate surface area is 123 Å². The molecule has 8 nitrogen and oxygen atoms in total. The van der Waals surface area contributed by atoms with Crippen LogP contribution in [0.15, 0.2) is 23.2 Å². The van der Waals surface area contributed by atoms with E-state index in [0.717, 1.165) is 31.6 Å². The number of hydrogen-bond donors (Lipinski definition) is 1. The number of nitrogens with zero attached hydrogens (tertiary/aromatic N) is 3. The summed E-state index contributed by atoms with van der Waals surface area (Å²) in [6.07, 6.45) is 2.85. The van der Waals surface area contributed by atoms with Crippen LogP contribution >= 0.6 is 0 Å². The molecule has 1 aromatic heterocycles. The monoisotopic (exact) mass is 314 g/mol. The molecular weight excluding hydrogens is 296 g/mol. The Morgan fingerprint density at radius 1 is 1.52 bits per heavy atom. The summed E-state index contributed by atoms with van der Waals surface area (Å²) in [5.74, 6) is -0.0785. The number of nitrogens with one attached hydrogen (secondary N) is 1. The van der Waals surface area contributed by atoms with E-state index in [-0.39, 0.29) is 16.6 Å². The Bertz CT molecular complexity index is 600. The molecule has 1 aliphatic heterocycles. The van der Waals surface area contributed by atoms with Gasteiger partial charge in [0.05, 0.1) is 0 Å². The van der Waals surface area contributed by atoms with Crippen LogP contribution in [0.25, 0.3) is 0 Å². The molecule has 1 N–H and O–H groups in total. The third-order valence-corrected chi connectivity index (χ3v) is 5.37. The van der Waals surface area contributed by atoms with Crippen LogP contribution in [0.2, 0.25) is 0 Å². The summed E-state index contributed by atoms with van der Waals surface area (Å²) in [6.45, 7) is 1.70. The van der Waals surface area contributed by atoms with E-state index in [1.807, 2.05) is 7.05 Å². The molecule has 2 heterocycles. The van der Waals surface area contributed by atoms with Crippen molar-refractivity contribution in [2.24, 2.45) is 5.92 Å². The van der Waals surface area contributed by atoms with Crippen molar-refractivity contribution in [3.8, 4) is 0 Å². The molecule has 1 fully saturated rings. The lowest BCUT2D eigenvalue weighted by Gasteiger charge is -2.31. The highest BCUT2D eigenvalue weighted by atomic mass is 32.2. The zero-order valence-corrected chi connectivity index (χ0v) is 12.5. The summed E-state index contributed by atoms with van der Waals surface area (Å²) in [5.41, 5.74) is 0. The van der Waals surface area contributed by atoms with E-state index >= 15 is 0 Å². The zero-order chi connectivity index (χ0) is 15.5. The molecule has 0 aromatic carbocycles. The zero-order valence-electron chi connectivity index (χ0n) is 11.7. The van der Waals surface area contributed by atoms with Gasteiger partial charge in [0.1, 0.15) is 4.90 Å². The van der Waals surface area contributed by atoms with E-state index in [1.54, 1.807) is 0 Å². The van der Waals surface area contributed by atoms with Crippen molar-refractivity contribution in [1.82, 2.24) is 14.6 Å². The second-order valence-corrected chi connectivity index (χ2v) is 6.98. The molecule has 0 amide bonds. The maximum Gasteiger partial charge on any atom is 0.363 e. The lowest BCUT2D eigenvalue weighted by molar-refractivity contribution is -0.389. The Balaban J connectivity index is 2.18. The van der Waals surface area contributed by atoms with Crippen LogP contribution in [0.4, 0.5) is 5.82 Å². The quantitative estimate of drug-likeness (QED) is 0.630. The van der Waals surface area contributed by atoms with Crippen molar-refractivity contribution in [3.63, 3.8) is 0 Å². The largest absolute Gasteiger partial charge is 0.363 e. The molecule has 0 spiro atoms. The maximum atomic E-state index is 12.5. The minimum absolute atomic E-state index is 0.00166. The smallest absolute Gasteiger partial charge is 0.358 e. The second-order valence-electron chi connectivity index (χ2n) is 5.04. The Kier molecular flexibility index (Phi) is 4.86. The van der Waals surface area contributed by atoms with E-state index in [9.17, 15) is 18.5 Å². The van der Waals surface area contributed by atoms with Crippen molar-refractivity contribution in [2.45, 2.75) is 17.7 Å². The molecule has 1 unspecified atom stereocenters. The van der Waals surface area contributed by atoms with Gasteiger partial charge in [0.15, 0.2) is 6.20 Å². The molecule has 9 heteroatoms. The first kappa shape index (κ1) is 15.8. The molecule has 1 aromatic rings. The molecule has 21 heavy (non-hydrogen) atoms. The van der Waals surface area contributed by atoms with Crippen LogP contribution in [0.3, 0.4) is 0 Å². The molecule has 2 rings (SSSR count). The third kappa shape index (κ3) is 3.55. The van der Waals surface area contributed by atoms with Crippen LogP contribution in [0, 0.1) is 16.0 Å². The minimum atomic E-state index is -3.64. The van der Waals surface area contributed by atoms with E-state index in [1.165, 1.54) is 10.4 Å². The van der Waals surface area contributed by atoms with Gasteiger partial charge in [-0.1, -0.05) is 0 Å². The standard InChI is InChI=1S/C12H18N4O4S/c1-13-7-10-3-2-6-15(9-10)21(19,20)11-4-5-12(14-8-11)16(17)18/h4-5,8,10,13H,2-3,6-7,9H2,1H3. The van der Waals surface area contributed by atoms with Crippen molar-refractivity contribution in [1.29, 1.82) is 0 Å². The van der Waals surface area contributed by atoms with Crippen LogP contribution in [-0.4, -0.2) is 49.3 Å². The molecule has 1 aliphatic rings. The van der Waals surface area contributed by atoms with Crippen LogP contribution in [0.1, 0.15) is 12.8 Å². The predicted octanol–water partition coefficient (Wildman–Crippen LogP) is 0.610. The van der Waals surface area contributed by atoms with Gasteiger partial charge in [0.25, 0.3) is 0 Å². The van der Waals surface area contributed by atoms with Gasteiger partial charge >= 0.3 is 5.82 Å². The Hall–Kier alpha value is -1.58. The van der Waals surface area contributed by atoms with Crippen molar-refractivity contribution in [2.75, 3.05) is 26.7 Å². The van der Waals surface area contributed by atoms with E-state index in [0.29, 0.717) is 13.1 Å². The Morgan fingerprint density at radius 2 is 2.29 bits per heavy atom. The van der Waals surface area contributed by atoms with Crippen molar-refractivity contribution in [3.05, 3.63) is 28.4 Å². The fourth-order valence-electron chi connectivity index (χ4n) is 2.48. The normalized spacial score (nSPS) is 20.3. The first-order valence-electron chi connectivity index (χ1n) is 6.70. The van der Waals surface area contributed by atoms with Gasteiger partial charge in [0, 0.05) is 19.2 Å². The van der Waals surface area contributed by atoms with Gasteiger partial charge in [0.2, 0.25) is 10.0 Å². The number of pyridine rings is 1. The Morgan fingerprint density at radius 3 is 2.86 bits per heavy atom. The van der Waals surface area contributed by atoms with Gasteiger partial charge in [-0.2, -0.15) is 4.31 Å². The SMILES string of the molecule is CNCC1CCCN(S(=O)(=O)c2ccc([N+](=O)[O-])nc2)C1. The van der Waals surface area contributed by atoms with Crippen LogP contribution in [-0.2, 0) is 10.0 Å². The van der Waals surface area contributed by atoms with Gasteiger partial charge in [-0.15, -0.1) is 0 Å². The number of aromatic nitrogens is 1. The lowest BCUT2D eigenvalue weighted by Crippen LogP contribution is -2.42. The number of nitro groups is 1. The fourth-order valence-corrected chi connectivity index (χ4v) is 3.98. The number of piperidine rings is 1. The lowest BCUT2D eigenvalue weighted by atomic mass is 10.00. The molecule has 0 saturated carbocycles. The summed E-state index contributed by atoms with van der Waals surface area (Å²) in [4.78, 5) is 13.5. The number of sulfonamides is 1. The molecule has 1 atom stereocenters. The number of rotatable bonds is 5. The highest BCUT2D eigenvalue weighted by Gasteiger charge is 2.31. The van der Waals surface area contributed by atoms with E-state index in [4.69, 9.17) is 0 Å². The van der Waals surface area contributed by atoms with Crippen LogP contribution in [0.5, 0.6) is 0 Å². The summed E-state index contributed by atoms with van der Waals surface area (Å²) in [7, 11) is -1.79. The number of hydrogen-bond acceptors (Lipinski definition) is 6. The topological polar surface area (TPSA) is 105 Å². The molecule has 0 bridgehead atoms. The van der Waals surface area contributed by atoms with Crippen molar-refractivity contribution < 1.29 is 13.3 Å². The fraction of sp³-hybridized carbons (Fsp3) is 0.583. The summed E-state index contributed by atoms with van der Waals surface area (Å²) < 4.78 is 26.5. The van der Waals surface area contributed by atoms with E-state index in [2.05, 4.69) is 10.3 Å². The highest BCUT2D eigenvalue weighted by Crippen LogP contribution is 2.23. The average Bonchev–Trinajstić information content (AvgIpc) is 2.48. The predicted molar refractivity (Wildman–Crippen MR) is 76.3 cm³/mol. The first-order chi connectivity index (χ1) is 9.95. The summed E-state index contributed by atoms with van der Waals surface area (Å²) in [6, 6.07) is 2.35. The van der Waals surface area contributed by atoms with Gasteiger partial charge in [-0.25, -0.2) is 8.42 Å². The molecule has 0 radical (unpaired) electrons. The van der Waals surface area contributed by atoms with Crippen LogP contribution < -0.4 is 5.32 Å². The first-order valence-corrected chi connectivity index (χ1v) is 8.14. The summed E-state index contributed by atoms with van der Waals surface area (Å²) in [5, 5.41) is 13.6. The van der Waals surface area contributed by atoms with Gasteiger partial charge < -0.3 is 15.4 Å². The van der Waals surface area contributed by atoms with Gasteiger partial charge in [-0.3, -0.25) is 0 Å². The highest BCUT2D eigenvalue weighted by molar-refractivity contribution is 7.89. The van der Waals surface area contributed by atoms with Gasteiger partial charge in [-0.05, 0) is 48.3 Å². The molecule has 0 aliphatic carbocycles. The van der Waals surface area contributed by atoms with E-state index < -0.39 is 14.9 Å². The summed E-state index contributed by atoms with van der Waals surface area (Å²) >= 11 is 0. The second kappa shape index (κ2) is 6.46. The molecule has 116 valence electrons. The maximum absolute atomic E-state index is 12.5. The minimum Gasteiger partial charge on any atom is -0.358 e. The molecule has 1 saturated heterocycles.